The van der Waals surface area contributed by atoms with Crippen molar-refractivity contribution in [3.8, 4) is 0 Å². The van der Waals surface area contributed by atoms with E-state index in [-0.39, 0.29) is 51.4 Å². The van der Waals surface area contributed by atoms with Gasteiger partial charge >= 0.3 is 57.5 Å². The van der Waals surface area contributed by atoms with Crippen molar-refractivity contribution in [1.29, 1.82) is 0 Å². The van der Waals surface area contributed by atoms with Crippen LogP contribution in [0.4, 0.5) is 4.79 Å². The van der Waals surface area contributed by atoms with Crippen molar-refractivity contribution in [2.45, 2.75) is 39.3 Å². The number of rotatable bonds is 2. The van der Waals surface area contributed by atoms with Crippen LogP contribution in [0.3, 0.4) is 0 Å². The first-order valence-electron chi connectivity index (χ1n) is 4.10. The van der Waals surface area contributed by atoms with Crippen LogP contribution in [0.25, 0.3) is 4.65 Å². The molecule has 0 saturated carbocycles. The monoisotopic (exact) mass is 261 g/mol. The van der Waals surface area contributed by atoms with Crippen molar-refractivity contribution in [2.75, 3.05) is 0 Å². The van der Waals surface area contributed by atoms with Crippen LogP contribution in [0, 0.1) is 0 Å². The molecule has 0 fully saturated rings. The summed E-state index contributed by atoms with van der Waals surface area (Å²) in [6.07, 6.45) is -1.83. The van der Waals surface area contributed by atoms with Gasteiger partial charge in [-0.05, 0) is 0 Å². The summed E-state index contributed by atoms with van der Waals surface area (Å²) in [5.74, 6) is 0. The summed E-state index contributed by atoms with van der Waals surface area (Å²) in [5.41, 5.74) is 0. The summed E-state index contributed by atoms with van der Waals surface area (Å²) in [6, 6.07) is 0. The van der Waals surface area contributed by atoms with Gasteiger partial charge in [-0.25, -0.2) is 4.79 Å². The Labute approximate surface area is 131 Å². The Kier molecular flexibility index (Phi) is 12.5. The normalized spacial score (nSPS) is 10.7. The summed E-state index contributed by atoms with van der Waals surface area (Å²) < 4.78 is 4.82. The fourth-order valence-electron chi connectivity index (χ4n) is 1.01. The zero-order valence-corrected chi connectivity index (χ0v) is 15.4. The average Bonchev–Trinajstić information content (AvgIpc) is 1.47. The minimum atomic E-state index is -1.83. The van der Waals surface area contributed by atoms with Gasteiger partial charge in [0.2, 0.25) is 0 Å². The van der Waals surface area contributed by atoms with Crippen LogP contribution in [-0.4, -0.2) is 32.8 Å². The van der Waals surface area contributed by atoms with Crippen LogP contribution in [0.15, 0.2) is 0 Å². The maximum atomic E-state index is 8.56. The van der Waals surface area contributed by atoms with E-state index in [0.29, 0.717) is 0 Å². The van der Waals surface area contributed by atoms with Crippen LogP contribution in [-0.2, 0) is 0 Å². The second kappa shape index (κ2) is 8.45. The van der Waals surface area contributed by atoms with E-state index >= 15 is 0 Å². The molecule has 0 amide bonds. The van der Waals surface area contributed by atoms with E-state index in [9.17, 15) is 0 Å². The van der Waals surface area contributed by atoms with E-state index < -0.39 is 22.6 Å². The first kappa shape index (κ1) is 20.7. The number of nitrogens with zero attached hydrogens (tertiary/aromatic N) is 1. The third-order valence-corrected chi connectivity index (χ3v) is 6.04. The van der Waals surface area contributed by atoms with Gasteiger partial charge in [-0.15, -0.1) is 0 Å². The molecule has 2 N–H and O–H groups in total. The summed E-state index contributed by atoms with van der Waals surface area (Å²) >= 11 is 0. The van der Waals surface area contributed by atoms with E-state index in [1.54, 1.807) is 0 Å². The van der Waals surface area contributed by atoms with E-state index in [4.69, 9.17) is 19.7 Å². The summed E-state index contributed by atoms with van der Waals surface area (Å²) in [4.78, 5) is 8.56. The van der Waals surface area contributed by atoms with Crippen molar-refractivity contribution in [3.05, 3.63) is 4.65 Å². The van der Waals surface area contributed by atoms with Crippen LogP contribution >= 0.6 is 0 Å². The molecule has 0 atom stereocenters. The molecule has 0 aliphatic rings. The summed E-state index contributed by atoms with van der Waals surface area (Å²) in [5, 5.41) is 13.9. The molecular weight excluding hydrogens is 241 g/mol. The standard InChI is InChI=1S/C6H18NSi2.CH2O3.K/c1-8(2,3)7-9(4,5)6;2-1(3)4;/h1-6H3;(H2,2,3,4);/q-1;;+1. The molecule has 7 heteroatoms. The molecule has 0 bridgehead atoms. The predicted octanol–water partition coefficient (Wildman–Crippen LogP) is 0.256. The molecule has 0 aliphatic heterocycles. The van der Waals surface area contributed by atoms with Crippen molar-refractivity contribution >= 4 is 22.6 Å². The van der Waals surface area contributed by atoms with Gasteiger partial charge in [-0.1, -0.05) is 55.8 Å². The van der Waals surface area contributed by atoms with Crippen LogP contribution in [0.2, 0.25) is 39.3 Å². The quantitative estimate of drug-likeness (QED) is 0.700. The number of carboxylic acid groups (broad SMARTS) is 2. The third kappa shape index (κ3) is 37.8. The van der Waals surface area contributed by atoms with E-state index in [0.717, 1.165) is 0 Å². The Bertz CT molecular complexity index is 149. The van der Waals surface area contributed by atoms with Crippen molar-refractivity contribution in [3.63, 3.8) is 0 Å². The maximum Gasteiger partial charge on any atom is 1.00 e. The predicted molar refractivity (Wildman–Crippen MR) is 60.7 cm³/mol. The van der Waals surface area contributed by atoms with Gasteiger partial charge in [0.05, 0.1) is 0 Å². The minimum Gasteiger partial charge on any atom is -0.668 e. The number of hydrogen-bond acceptors (Lipinski definition) is 1. The molecule has 0 aromatic carbocycles. The fraction of sp³-hybridized carbons (Fsp3) is 0.857. The zero-order valence-electron chi connectivity index (χ0n) is 10.2. The third-order valence-electron chi connectivity index (χ3n) is 0.671. The summed E-state index contributed by atoms with van der Waals surface area (Å²) in [7, 11) is -2.21. The van der Waals surface area contributed by atoms with Gasteiger partial charge in [-0.2, -0.15) is 0 Å². The van der Waals surface area contributed by atoms with Gasteiger partial charge in [-0.3, -0.25) is 0 Å². The van der Waals surface area contributed by atoms with Crippen molar-refractivity contribution in [2.24, 2.45) is 0 Å². The molecular formula is C7H20KNO3Si2. The molecule has 0 aromatic rings. The maximum absolute atomic E-state index is 8.56. The smallest absolute Gasteiger partial charge is 0.668 e. The molecule has 0 spiro atoms. The van der Waals surface area contributed by atoms with Gasteiger partial charge in [0.15, 0.2) is 0 Å². The molecule has 0 heterocycles. The number of carbonyl (C=O) groups is 1. The topological polar surface area (TPSA) is 71.6 Å². The van der Waals surface area contributed by atoms with Gasteiger partial charge < -0.3 is 14.9 Å². The fourth-order valence-corrected chi connectivity index (χ4v) is 9.06. The number of hydrogen-bond donors (Lipinski definition) is 2. The first-order chi connectivity index (χ1) is 5.44. The average molecular weight is 262 g/mol. The summed E-state index contributed by atoms with van der Waals surface area (Å²) in [6.45, 7) is 13.8. The molecule has 0 rings (SSSR count). The molecule has 0 unspecified atom stereocenters. The molecule has 0 radical (unpaired) electrons. The Morgan fingerprint density at radius 3 is 1.07 bits per heavy atom. The Balaban J connectivity index is -0.000000209. The molecule has 14 heavy (non-hydrogen) atoms. The van der Waals surface area contributed by atoms with Gasteiger partial charge in [0.25, 0.3) is 0 Å². The van der Waals surface area contributed by atoms with Gasteiger partial charge in [0.1, 0.15) is 0 Å². The molecule has 0 aromatic heterocycles. The molecule has 80 valence electrons. The van der Waals surface area contributed by atoms with E-state index in [1.807, 2.05) is 0 Å². The molecule has 4 nitrogen and oxygen atoms in total. The Hall–Kier alpha value is 1.30. The van der Waals surface area contributed by atoms with Gasteiger partial charge in [0, 0.05) is 0 Å². The second-order valence-electron chi connectivity index (χ2n) is 4.74. The van der Waals surface area contributed by atoms with E-state index in [2.05, 4.69) is 39.3 Å². The molecule has 0 saturated heterocycles. The van der Waals surface area contributed by atoms with Crippen molar-refractivity contribution in [1.82, 2.24) is 0 Å². The SMILES string of the molecule is C[Si](C)(C)[N-][Si](C)(C)C.O=C(O)O.[K+]. The largest absolute Gasteiger partial charge is 1.00 e. The van der Waals surface area contributed by atoms with Crippen LogP contribution < -0.4 is 51.4 Å². The minimum absolute atomic E-state index is 0. The van der Waals surface area contributed by atoms with Crippen molar-refractivity contribution < 1.29 is 66.4 Å². The first-order valence-corrected chi connectivity index (χ1v) is 11.0. The Morgan fingerprint density at radius 1 is 0.929 bits per heavy atom. The molecule has 0 aliphatic carbocycles. The second-order valence-corrected chi connectivity index (χ2v) is 14.3. The zero-order chi connectivity index (χ0) is 11.3. The van der Waals surface area contributed by atoms with E-state index in [1.165, 1.54) is 0 Å². The van der Waals surface area contributed by atoms with Crippen LogP contribution in [0.1, 0.15) is 0 Å². The van der Waals surface area contributed by atoms with Crippen LogP contribution in [0.5, 0.6) is 0 Å². The Morgan fingerprint density at radius 2 is 1.07 bits per heavy atom.